The second-order valence-electron chi connectivity index (χ2n) is 3.01. The average molecular weight is 171 g/mol. The fraction of sp³-hybridized carbons (Fsp3) is 0.200. The molecule has 1 N–H and O–H groups in total. The minimum atomic E-state index is 0.452. The number of nitrogens with one attached hydrogen (secondary N) is 1. The van der Waals surface area contributed by atoms with Crippen molar-refractivity contribution in [3.8, 4) is 6.07 Å². The minimum Gasteiger partial charge on any atom is -0.342 e. The maximum atomic E-state index is 8.52. The number of nitriles is 1. The van der Waals surface area contributed by atoms with Crippen LogP contribution in [0.3, 0.4) is 0 Å². The summed E-state index contributed by atoms with van der Waals surface area (Å²) in [4.78, 5) is 7.41. The Kier molecular flexibility index (Phi) is 1.75. The summed E-state index contributed by atoms with van der Waals surface area (Å²) in [6, 6.07) is 7.96. The van der Waals surface area contributed by atoms with Crippen molar-refractivity contribution in [3.63, 3.8) is 0 Å². The zero-order valence-corrected chi connectivity index (χ0v) is 7.33. The highest BCUT2D eigenvalue weighted by Gasteiger charge is 1.99. The average Bonchev–Trinajstić information content (AvgIpc) is 2.44. The minimum absolute atomic E-state index is 0.452. The van der Waals surface area contributed by atoms with Gasteiger partial charge >= 0.3 is 0 Å². The number of aryl methyl sites for hydroxylation is 1. The Morgan fingerprint density at radius 2 is 2.38 bits per heavy atom. The lowest BCUT2D eigenvalue weighted by molar-refractivity contribution is 1.17. The number of nitrogens with zero attached hydrogens (tertiary/aromatic N) is 2. The lowest BCUT2D eigenvalue weighted by atomic mass is 10.1. The van der Waals surface area contributed by atoms with E-state index in [2.05, 4.69) is 16.0 Å². The van der Waals surface area contributed by atoms with Gasteiger partial charge in [-0.2, -0.15) is 5.26 Å². The van der Waals surface area contributed by atoms with E-state index in [1.807, 2.05) is 25.1 Å². The van der Waals surface area contributed by atoms with Crippen molar-refractivity contribution in [3.05, 3.63) is 29.6 Å². The molecular formula is C10H9N3. The Morgan fingerprint density at radius 1 is 1.54 bits per heavy atom. The Hall–Kier alpha value is -1.82. The van der Waals surface area contributed by atoms with Crippen LogP contribution in [0.1, 0.15) is 11.4 Å². The summed E-state index contributed by atoms with van der Waals surface area (Å²) < 4.78 is 0. The van der Waals surface area contributed by atoms with Gasteiger partial charge in [0.15, 0.2) is 0 Å². The van der Waals surface area contributed by atoms with E-state index >= 15 is 0 Å². The van der Waals surface area contributed by atoms with Crippen LogP contribution < -0.4 is 0 Å². The lowest BCUT2D eigenvalue weighted by Gasteiger charge is -1.92. The summed E-state index contributed by atoms with van der Waals surface area (Å²) in [6.45, 7) is 1.92. The number of H-pyrrole nitrogens is 1. The summed E-state index contributed by atoms with van der Waals surface area (Å²) in [6.07, 6.45) is 0.452. The molecule has 0 saturated heterocycles. The van der Waals surface area contributed by atoms with Crippen molar-refractivity contribution in [2.75, 3.05) is 0 Å². The summed E-state index contributed by atoms with van der Waals surface area (Å²) in [5, 5.41) is 8.52. The van der Waals surface area contributed by atoms with Crippen molar-refractivity contribution in [1.29, 1.82) is 5.26 Å². The smallest absolute Gasteiger partial charge is 0.104 e. The molecule has 1 heterocycles. The summed E-state index contributed by atoms with van der Waals surface area (Å²) in [5.74, 6) is 0.907. The molecule has 0 aliphatic heterocycles. The SMILES string of the molecule is Cc1nc2ccc(CC#N)cc2[nH]1. The first-order valence-corrected chi connectivity index (χ1v) is 4.12. The van der Waals surface area contributed by atoms with Crippen LogP contribution in [-0.4, -0.2) is 9.97 Å². The first-order chi connectivity index (χ1) is 6.29. The van der Waals surface area contributed by atoms with E-state index < -0.39 is 0 Å². The molecule has 0 unspecified atom stereocenters. The van der Waals surface area contributed by atoms with Gasteiger partial charge in [0, 0.05) is 0 Å². The van der Waals surface area contributed by atoms with E-state index in [1.165, 1.54) is 0 Å². The van der Waals surface area contributed by atoms with Crippen molar-refractivity contribution >= 4 is 11.0 Å². The van der Waals surface area contributed by atoms with Gasteiger partial charge in [0.05, 0.1) is 23.5 Å². The van der Waals surface area contributed by atoms with Gasteiger partial charge in [0.25, 0.3) is 0 Å². The van der Waals surface area contributed by atoms with Crippen LogP contribution in [0.4, 0.5) is 0 Å². The molecule has 0 amide bonds. The largest absolute Gasteiger partial charge is 0.342 e. The summed E-state index contributed by atoms with van der Waals surface area (Å²) in [7, 11) is 0. The van der Waals surface area contributed by atoms with Gasteiger partial charge < -0.3 is 4.98 Å². The third kappa shape index (κ3) is 1.38. The van der Waals surface area contributed by atoms with Crippen LogP contribution in [0, 0.1) is 18.3 Å². The molecule has 64 valence electrons. The number of aromatic nitrogens is 2. The normalized spacial score (nSPS) is 10.2. The van der Waals surface area contributed by atoms with Gasteiger partial charge in [-0.1, -0.05) is 6.07 Å². The van der Waals surface area contributed by atoms with Crippen LogP contribution in [0.2, 0.25) is 0 Å². The van der Waals surface area contributed by atoms with Crippen LogP contribution in [0.15, 0.2) is 18.2 Å². The van der Waals surface area contributed by atoms with Gasteiger partial charge in [-0.3, -0.25) is 0 Å². The molecule has 0 saturated carbocycles. The van der Waals surface area contributed by atoms with E-state index in [-0.39, 0.29) is 0 Å². The van der Waals surface area contributed by atoms with Crippen molar-refractivity contribution < 1.29 is 0 Å². The van der Waals surface area contributed by atoms with Gasteiger partial charge in [-0.15, -0.1) is 0 Å². The second kappa shape index (κ2) is 2.91. The molecule has 2 aromatic rings. The van der Waals surface area contributed by atoms with E-state index in [1.54, 1.807) is 0 Å². The van der Waals surface area contributed by atoms with Gasteiger partial charge in [-0.05, 0) is 24.6 Å². The number of hydrogen-bond acceptors (Lipinski definition) is 2. The lowest BCUT2D eigenvalue weighted by Crippen LogP contribution is -1.80. The fourth-order valence-corrected chi connectivity index (χ4v) is 1.39. The second-order valence-corrected chi connectivity index (χ2v) is 3.01. The molecule has 0 atom stereocenters. The molecule has 1 aromatic carbocycles. The van der Waals surface area contributed by atoms with Gasteiger partial charge in [-0.25, -0.2) is 4.98 Å². The highest BCUT2D eigenvalue weighted by atomic mass is 14.9. The molecule has 0 aliphatic carbocycles. The van der Waals surface area contributed by atoms with Crippen LogP contribution in [0.5, 0.6) is 0 Å². The maximum Gasteiger partial charge on any atom is 0.104 e. The monoisotopic (exact) mass is 171 g/mol. The third-order valence-corrected chi connectivity index (χ3v) is 1.95. The summed E-state index contributed by atoms with van der Waals surface area (Å²) >= 11 is 0. The molecule has 0 spiro atoms. The highest BCUT2D eigenvalue weighted by molar-refractivity contribution is 5.75. The highest BCUT2D eigenvalue weighted by Crippen LogP contribution is 2.13. The topological polar surface area (TPSA) is 52.5 Å². The molecule has 3 nitrogen and oxygen atoms in total. The number of imidazole rings is 1. The van der Waals surface area contributed by atoms with Crippen molar-refractivity contribution in [2.24, 2.45) is 0 Å². The molecule has 0 bridgehead atoms. The number of hydrogen-bond donors (Lipinski definition) is 1. The Labute approximate surface area is 76.0 Å². The van der Waals surface area contributed by atoms with Gasteiger partial charge in [0.1, 0.15) is 5.82 Å². The zero-order chi connectivity index (χ0) is 9.26. The number of benzene rings is 1. The molecule has 3 heteroatoms. The summed E-state index contributed by atoms with van der Waals surface area (Å²) in [5.41, 5.74) is 2.99. The van der Waals surface area contributed by atoms with Crippen molar-refractivity contribution in [2.45, 2.75) is 13.3 Å². The quantitative estimate of drug-likeness (QED) is 0.712. The number of rotatable bonds is 1. The first-order valence-electron chi connectivity index (χ1n) is 4.12. The maximum absolute atomic E-state index is 8.52. The van der Waals surface area contributed by atoms with E-state index in [4.69, 9.17) is 5.26 Å². The van der Waals surface area contributed by atoms with Crippen LogP contribution in [0.25, 0.3) is 11.0 Å². The molecule has 2 rings (SSSR count). The third-order valence-electron chi connectivity index (χ3n) is 1.95. The zero-order valence-electron chi connectivity index (χ0n) is 7.33. The van der Waals surface area contributed by atoms with Gasteiger partial charge in [0.2, 0.25) is 0 Å². The standard InChI is InChI=1S/C10H9N3/c1-7-12-9-3-2-8(4-5-11)6-10(9)13-7/h2-3,6H,4H2,1H3,(H,12,13). The molecule has 0 radical (unpaired) electrons. The molecule has 1 aromatic heterocycles. The predicted octanol–water partition coefficient (Wildman–Crippen LogP) is 1.94. The molecule has 0 aliphatic rings. The van der Waals surface area contributed by atoms with Crippen molar-refractivity contribution in [1.82, 2.24) is 9.97 Å². The Morgan fingerprint density at radius 3 is 3.15 bits per heavy atom. The fourth-order valence-electron chi connectivity index (χ4n) is 1.39. The first kappa shape index (κ1) is 7.81. The molecule has 13 heavy (non-hydrogen) atoms. The molecular weight excluding hydrogens is 162 g/mol. The predicted molar refractivity (Wildman–Crippen MR) is 50.1 cm³/mol. The van der Waals surface area contributed by atoms with E-state index in [0.29, 0.717) is 6.42 Å². The number of aromatic amines is 1. The van der Waals surface area contributed by atoms with E-state index in [9.17, 15) is 0 Å². The molecule has 0 fully saturated rings. The number of fused-ring (bicyclic) bond motifs is 1. The van der Waals surface area contributed by atoms with E-state index in [0.717, 1.165) is 22.4 Å². The van der Waals surface area contributed by atoms with Crippen LogP contribution in [-0.2, 0) is 6.42 Å². The Bertz CT molecular complexity index is 476. The Balaban J connectivity index is 2.56. The van der Waals surface area contributed by atoms with Crippen LogP contribution >= 0.6 is 0 Å².